The normalized spacial score (nSPS) is 12.1. The maximum atomic E-state index is 12.5. The van der Waals surface area contributed by atoms with E-state index in [-0.39, 0.29) is 11.9 Å². The summed E-state index contributed by atoms with van der Waals surface area (Å²) in [5, 5.41) is 4.50. The second-order valence-corrected chi connectivity index (χ2v) is 6.11. The van der Waals surface area contributed by atoms with Crippen molar-refractivity contribution >= 4 is 28.5 Å². The van der Waals surface area contributed by atoms with Gasteiger partial charge in [0, 0.05) is 22.9 Å². The highest BCUT2D eigenvalue weighted by Gasteiger charge is 2.16. The van der Waals surface area contributed by atoms with E-state index in [1.165, 1.54) is 7.11 Å². The van der Waals surface area contributed by atoms with Gasteiger partial charge in [-0.05, 0) is 37.3 Å². The molecule has 0 aliphatic carbocycles. The van der Waals surface area contributed by atoms with E-state index in [1.807, 2.05) is 37.3 Å². The van der Waals surface area contributed by atoms with Gasteiger partial charge in [-0.3, -0.25) is 4.79 Å². The number of carbonyl (C=O) groups is 1. The molecule has 0 unspecified atom stereocenters. The molecule has 0 radical (unpaired) electrons. The summed E-state index contributed by atoms with van der Waals surface area (Å²) in [6.45, 7) is 1.93. The molecule has 124 valence electrons. The van der Waals surface area contributed by atoms with E-state index in [0.29, 0.717) is 22.8 Å². The van der Waals surface area contributed by atoms with E-state index in [4.69, 9.17) is 20.8 Å². The number of halogens is 1. The molecule has 0 aliphatic rings. The van der Waals surface area contributed by atoms with E-state index < -0.39 is 0 Å². The maximum Gasteiger partial charge on any atom is 0.255 e. The molecule has 0 bridgehead atoms. The van der Waals surface area contributed by atoms with Crippen LogP contribution in [0, 0.1) is 0 Å². The molecule has 1 N–H and O–H groups in total. The molecule has 1 atom stereocenters. The first-order chi connectivity index (χ1) is 11.6. The Morgan fingerprint density at radius 2 is 2.04 bits per heavy atom. The third-order valence-electron chi connectivity index (χ3n) is 3.77. The average molecular weight is 344 g/mol. The molecule has 1 heterocycles. The summed E-state index contributed by atoms with van der Waals surface area (Å²) >= 11 is 5.98. The Morgan fingerprint density at radius 3 is 2.79 bits per heavy atom. The second kappa shape index (κ2) is 6.97. The summed E-state index contributed by atoms with van der Waals surface area (Å²) in [5.41, 5.74) is 1.27. The molecule has 0 saturated carbocycles. The van der Waals surface area contributed by atoms with Gasteiger partial charge in [-0.15, -0.1) is 0 Å². The van der Waals surface area contributed by atoms with Crippen LogP contribution in [0.4, 0.5) is 0 Å². The number of furan rings is 1. The summed E-state index contributed by atoms with van der Waals surface area (Å²) in [6, 6.07) is 14.7. The van der Waals surface area contributed by atoms with Crippen LogP contribution in [0.15, 0.2) is 52.9 Å². The molecule has 24 heavy (non-hydrogen) atoms. The highest BCUT2D eigenvalue weighted by molar-refractivity contribution is 6.31. The van der Waals surface area contributed by atoms with Crippen molar-refractivity contribution in [3.8, 4) is 5.75 Å². The van der Waals surface area contributed by atoms with Crippen molar-refractivity contribution in [3.63, 3.8) is 0 Å². The Balaban J connectivity index is 1.71. The lowest BCUT2D eigenvalue weighted by molar-refractivity contribution is 0.0936. The van der Waals surface area contributed by atoms with Crippen LogP contribution in [0.25, 0.3) is 11.0 Å². The van der Waals surface area contributed by atoms with Gasteiger partial charge in [0.1, 0.15) is 17.1 Å². The van der Waals surface area contributed by atoms with Crippen molar-refractivity contribution in [1.82, 2.24) is 5.32 Å². The summed E-state index contributed by atoms with van der Waals surface area (Å²) in [7, 11) is 1.53. The number of hydrogen-bond donors (Lipinski definition) is 1. The highest BCUT2D eigenvalue weighted by atomic mass is 35.5. The van der Waals surface area contributed by atoms with Crippen LogP contribution in [0.2, 0.25) is 5.02 Å². The van der Waals surface area contributed by atoms with Gasteiger partial charge in [0.2, 0.25) is 0 Å². The molecule has 2 aromatic carbocycles. The van der Waals surface area contributed by atoms with Crippen LogP contribution in [0.1, 0.15) is 23.0 Å². The van der Waals surface area contributed by atoms with Crippen LogP contribution in [-0.2, 0) is 6.42 Å². The van der Waals surface area contributed by atoms with Gasteiger partial charge < -0.3 is 14.5 Å². The van der Waals surface area contributed by atoms with Crippen molar-refractivity contribution in [1.29, 1.82) is 0 Å². The van der Waals surface area contributed by atoms with Gasteiger partial charge >= 0.3 is 0 Å². The third kappa shape index (κ3) is 3.54. The second-order valence-electron chi connectivity index (χ2n) is 5.67. The quantitative estimate of drug-likeness (QED) is 0.744. The lowest BCUT2D eigenvalue weighted by Gasteiger charge is -2.14. The molecule has 1 amide bonds. The molecule has 1 aromatic heterocycles. The number of ether oxygens (including phenoxy) is 1. The number of fused-ring (bicyclic) bond motifs is 1. The van der Waals surface area contributed by atoms with E-state index >= 15 is 0 Å². The fourth-order valence-electron chi connectivity index (χ4n) is 2.65. The van der Waals surface area contributed by atoms with Crippen LogP contribution in [0.3, 0.4) is 0 Å². The third-order valence-corrected chi connectivity index (χ3v) is 4.00. The predicted molar refractivity (Wildman–Crippen MR) is 94.9 cm³/mol. The SMILES string of the molecule is COc1ccc(Cl)cc1C(=O)N[C@@H](C)Cc1cc2ccccc2o1. The molecule has 3 aromatic rings. The zero-order valence-electron chi connectivity index (χ0n) is 13.5. The van der Waals surface area contributed by atoms with E-state index in [9.17, 15) is 4.79 Å². The number of carbonyl (C=O) groups excluding carboxylic acids is 1. The molecule has 3 rings (SSSR count). The minimum absolute atomic E-state index is 0.0956. The number of amides is 1. The monoisotopic (exact) mass is 343 g/mol. The van der Waals surface area contributed by atoms with Crippen LogP contribution >= 0.6 is 11.6 Å². The summed E-state index contributed by atoms with van der Waals surface area (Å²) in [5.74, 6) is 1.10. The van der Waals surface area contributed by atoms with Crippen molar-refractivity contribution in [2.45, 2.75) is 19.4 Å². The number of hydrogen-bond acceptors (Lipinski definition) is 3. The first kappa shape index (κ1) is 16.4. The number of para-hydroxylation sites is 1. The molecule has 4 nitrogen and oxygen atoms in total. The van der Waals surface area contributed by atoms with Gasteiger partial charge in [0.05, 0.1) is 12.7 Å². The van der Waals surface area contributed by atoms with Crippen molar-refractivity contribution in [2.24, 2.45) is 0 Å². The van der Waals surface area contributed by atoms with Gasteiger partial charge in [0.15, 0.2) is 0 Å². The first-order valence-electron chi connectivity index (χ1n) is 7.68. The van der Waals surface area contributed by atoms with Gasteiger partial charge in [-0.2, -0.15) is 0 Å². The fourth-order valence-corrected chi connectivity index (χ4v) is 2.82. The molecule has 0 aliphatic heterocycles. The molecule has 5 heteroatoms. The number of rotatable bonds is 5. The molecule has 0 spiro atoms. The largest absolute Gasteiger partial charge is 0.496 e. The van der Waals surface area contributed by atoms with Crippen molar-refractivity contribution < 1.29 is 13.9 Å². The number of nitrogens with one attached hydrogen (secondary N) is 1. The highest BCUT2D eigenvalue weighted by Crippen LogP contribution is 2.23. The first-order valence-corrected chi connectivity index (χ1v) is 8.06. The Hall–Kier alpha value is -2.46. The van der Waals surface area contributed by atoms with Crippen molar-refractivity contribution in [2.75, 3.05) is 7.11 Å². The smallest absolute Gasteiger partial charge is 0.255 e. The van der Waals surface area contributed by atoms with Crippen LogP contribution in [0.5, 0.6) is 5.75 Å². The summed E-state index contributed by atoms with van der Waals surface area (Å²) < 4.78 is 11.0. The fraction of sp³-hybridized carbons (Fsp3) is 0.211. The zero-order valence-corrected chi connectivity index (χ0v) is 14.3. The Bertz CT molecular complexity index is 839. The Morgan fingerprint density at radius 1 is 1.25 bits per heavy atom. The number of benzene rings is 2. The number of methoxy groups -OCH3 is 1. The van der Waals surface area contributed by atoms with E-state index in [2.05, 4.69) is 5.32 Å². The lowest BCUT2D eigenvalue weighted by atomic mass is 10.1. The summed E-state index contributed by atoms with van der Waals surface area (Å²) in [6.07, 6.45) is 0.600. The average Bonchev–Trinajstić information content (AvgIpc) is 2.96. The maximum absolute atomic E-state index is 12.5. The Kier molecular flexibility index (Phi) is 4.76. The topological polar surface area (TPSA) is 51.5 Å². The van der Waals surface area contributed by atoms with Gasteiger partial charge in [0.25, 0.3) is 5.91 Å². The van der Waals surface area contributed by atoms with Gasteiger partial charge in [-0.1, -0.05) is 29.8 Å². The summed E-state index contributed by atoms with van der Waals surface area (Å²) in [4.78, 5) is 12.5. The predicted octanol–water partition coefficient (Wildman–Crippen LogP) is 4.46. The minimum Gasteiger partial charge on any atom is -0.496 e. The van der Waals surface area contributed by atoms with E-state index in [0.717, 1.165) is 16.7 Å². The molecular formula is C19H18ClNO3. The van der Waals surface area contributed by atoms with Crippen LogP contribution < -0.4 is 10.1 Å². The molecule has 0 saturated heterocycles. The lowest BCUT2D eigenvalue weighted by Crippen LogP contribution is -2.34. The van der Waals surface area contributed by atoms with Gasteiger partial charge in [-0.25, -0.2) is 0 Å². The Labute approximate surface area is 145 Å². The minimum atomic E-state index is -0.224. The van der Waals surface area contributed by atoms with Crippen LogP contribution in [-0.4, -0.2) is 19.1 Å². The standard InChI is InChI=1S/C19H18ClNO3/c1-12(9-15-10-13-5-3-4-6-17(13)24-15)21-19(22)16-11-14(20)7-8-18(16)23-2/h3-8,10-12H,9H2,1-2H3,(H,21,22)/t12-/m0/s1. The molecule has 0 fully saturated rings. The molecular weight excluding hydrogens is 326 g/mol. The zero-order chi connectivity index (χ0) is 17.1. The van der Waals surface area contributed by atoms with Crippen molar-refractivity contribution in [3.05, 3.63) is 64.9 Å². The van der Waals surface area contributed by atoms with E-state index in [1.54, 1.807) is 18.2 Å².